The van der Waals surface area contributed by atoms with Gasteiger partial charge in [-0.05, 0) is 39.0 Å². The summed E-state index contributed by atoms with van der Waals surface area (Å²) in [6.07, 6.45) is 1.75. The van der Waals surface area contributed by atoms with Crippen molar-refractivity contribution < 1.29 is 8.42 Å². The fourth-order valence-corrected chi connectivity index (χ4v) is 4.75. The smallest absolute Gasteiger partial charge is 0.241 e. The summed E-state index contributed by atoms with van der Waals surface area (Å²) in [6, 6.07) is 7.54. The summed E-state index contributed by atoms with van der Waals surface area (Å²) in [5.74, 6) is 0. The van der Waals surface area contributed by atoms with Crippen molar-refractivity contribution in [1.29, 1.82) is 0 Å². The van der Waals surface area contributed by atoms with Crippen LogP contribution in [0, 0.1) is 13.8 Å². The maximum absolute atomic E-state index is 12.2. The number of thiophene rings is 1. The van der Waals surface area contributed by atoms with Crippen molar-refractivity contribution in [2.45, 2.75) is 31.7 Å². The monoisotopic (exact) mass is 339 g/mol. The van der Waals surface area contributed by atoms with Crippen LogP contribution in [0.5, 0.6) is 0 Å². The predicted octanol–water partition coefficient (Wildman–Crippen LogP) is 2.39. The minimum Gasteiger partial charge on any atom is -0.308 e. The van der Waals surface area contributed by atoms with Gasteiger partial charge in [-0.25, -0.2) is 13.1 Å². The Hall–Kier alpha value is -1.28. The van der Waals surface area contributed by atoms with Crippen molar-refractivity contribution >= 4 is 21.4 Å². The normalized spacial score (nSPS) is 13.2. The Bertz CT molecular complexity index is 712. The lowest BCUT2D eigenvalue weighted by atomic mass is 10.2. The summed E-state index contributed by atoms with van der Waals surface area (Å²) in [6.45, 7) is 6.62. The second kappa shape index (κ2) is 7.32. The maximum Gasteiger partial charge on any atom is 0.241 e. The molecule has 0 amide bonds. The Morgan fingerprint density at radius 2 is 2.05 bits per heavy atom. The number of nitrogens with one attached hydrogen (secondary N) is 2. The fraction of sp³-hybridized carbons (Fsp3) is 0.400. The zero-order chi connectivity index (χ0) is 16.2. The Balaban J connectivity index is 1.85. The molecule has 7 heteroatoms. The van der Waals surface area contributed by atoms with Gasteiger partial charge in [0.25, 0.3) is 0 Å². The number of sulfonamides is 1. The summed E-state index contributed by atoms with van der Waals surface area (Å²) in [4.78, 5) is 6.47. The van der Waals surface area contributed by atoms with E-state index < -0.39 is 10.0 Å². The zero-order valence-electron chi connectivity index (χ0n) is 13.0. The molecular formula is C15H21N3O2S2. The van der Waals surface area contributed by atoms with Gasteiger partial charge in [0, 0.05) is 35.1 Å². The van der Waals surface area contributed by atoms with E-state index in [1.165, 1.54) is 11.3 Å². The van der Waals surface area contributed by atoms with Crippen molar-refractivity contribution in [2.24, 2.45) is 0 Å². The van der Waals surface area contributed by atoms with E-state index in [9.17, 15) is 8.42 Å². The van der Waals surface area contributed by atoms with Crippen LogP contribution in [-0.4, -0.2) is 26.5 Å². The van der Waals surface area contributed by atoms with Crippen LogP contribution in [0.3, 0.4) is 0 Å². The SMILES string of the molecule is Cc1cc(S(=O)(=O)NCCN[C@@H](C)c2ccccn2)c(C)s1. The fourth-order valence-electron chi connectivity index (χ4n) is 2.16. The summed E-state index contributed by atoms with van der Waals surface area (Å²) < 4.78 is 27.1. The first-order chi connectivity index (χ1) is 10.4. The lowest BCUT2D eigenvalue weighted by Gasteiger charge is -2.13. The van der Waals surface area contributed by atoms with Crippen LogP contribution < -0.4 is 10.0 Å². The number of rotatable bonds is 7. The minimum absolute atomic E-state index is 0.0795. The van der Waals surface area contributed by atoms with E-state index in [0.717, 1.165) is 15.4 Å². The maximum atomic E-state index is 12.2. The van der Waals surface area contributed by atoms with E-state index >= 15 is 0 Å². The van der Waals surface area contributed by atoms with Crippen molar-refractivity contribution in [3.63, 3.8) is 0 Å². The van der Waals surface area contributed by atoms with Gasteiger partial charge in [0.15, 0.2) is 0 Å². The lowest BCUT2D eigenvalue weighted by Crippen LogP contribution is -2.33. The van der Waals surface area contributed by atoms with Gasteiger partial charge < -0.3 is 5.32 Å². The van der Waals surface area contributed by atoms with Crippen molar-refractivity contribution in [3.8, 4) is 0 Å². The Morgan fingerprint density at radius 1 is 1.27 bits per heavy atom. The first-order valence-corrected chi connectivity index (χ1v) is 9.41. The third kappa shape index (κ3) is 4.36. The number of pyridine rings is 1. The quantitative estimate of drug-likeness (QED) is 0.760. The second-order valence-corrected chi connectivity index (χ2v) is 8.30. The highest BCUT2D eigenvalue weighted by atomic mass is 32.2. The third-order valence-corrected chi connectivity index (χ3v) is 5.97. The molecule has 2 aromatic heterocycles. The first kappa shape index (κ1) is 17.1. The van der Waals surface area contributed by atoms with Gasteiger partial charge in [-0.1, -0.05) is 6.07 Å². The average molecular weight is 339 g/mol. The standard InChI is InChI=1S/C15H21N3O2S2/c1-11-10-15(13(3)21-11)22(19,20)18-9-8-16-12(2)14-6-4-5-7-17-14/h4-7,10,12,16,18H,8-9H2,1-3H3/t12-/m0/s1. The molecule has 5 nitrogen and oxygen atoms in total. The van der Waals surface area contributed by atoms with E-state index in [1.54, 1.807) is 12.3 Å². The Kier molecular flexibility index (Phi) is 5.69. The molecule has 2 rings (SSSR count). The van der Waals surface area contributed by atoms with Crippen LogP contribution in [-0.2, 0) is 10.0 Å². The highest BCUT2D eigenvalue weighted by Crippen LogP contribution is 2.24. The van der Waals surface area contributed by atoms with Gasteiger partial charge in [-0.2, -0.15) is 0 Å². The summed E-state index contributed by atoms with van der Waals surface area (Å²) in [7, 11) is -3.43. The summed E-state index contributed by atoms with van der Waals surface area (Å²) in [5.41, 5.74) is 0.940. The van der Waals surface area contributed by atoms with Crippen molar-refractivity contribution in [1.82, 2.24) is 15.0 Å². The lowest BCUT2D eigenvalue weighted by molar-refractivity contribution is 0.546. The second-order valence-electron chi connectivity index (χ2n) is 5.11. The van der Waals surface area contributed by atoms with Crippen LogP contribution >= 0.6 is 11.3 Å². The highest BCUT2D eigenvalue weighted by molar-refractivity contribution is 7.89. The van der Waals surface area contributed by atoms with E-state index in [2.05, 4.69) is 15.0 Å². The molecule has 22 heavy (non-hydrogen) atoms. The van der Waals surface area contributed by atoms with Gasteiger partial charge in [0.2, 0.25) is 10.0 Å². The van der Waals surface area contributed by atoms with Crippen LogP contribution in [0.25, 0.3) is 0 Å². The summed E-state index contributed by atoms with van der Waals surface area (Å²) >= 11 is 1.49. The molecule has 0 aliphatic carbocycles. The van der Waals surface area contributed by atoms with E-state index in [4.69, 9.17) is 0 Å². The first-order valence-electron chi connectivity index (χ1n) is 7.11. The van der Waals surface area contributed by atoms with E-state index in [1.807, 2.05) is 39.0 Å². The van der Waals surface area contributed by atoms with E-state index in [-0.39, 0.29) is 6.04 Å². The molecule has 2 aromatic rings. The molecule has 1 atom stereocenters. The molecule has 120 valence electrons. The number of aryl methyl sites for hydroxylation is 2. The molecule has 0 aromatic carbocycles. The molecular weight excluding hydrogens is 318 g/mol. The molecule has 0 bridgehead atoms. The van der Waals surface area contributed by atoms with Crippen LogP contribution in [0.2, 0.25) is 0 Å². The highest BCUT2D eigenvalue weighted by Gasteiger charge is 2.18. The van der Waals surface area contributed by atoms with Gasteiger partial charge in [-0.3, -0.25) is 4.98 Å². The number of aromatic nitrogens is 1. The van der Waals surface area contributed by atoms with Crippen LogP contribution in [0.1, 0.15) is 28.4 Å². The molecule has 0 aliphatic heterocycles. The Morgan fingerprint density at radius 3 is 2.64 bits per heavy atom. The molecule has 0 saturated heterocycles. The molecule has 0 aliphatic rings. The molecule has 0 radical (unpaired) electrons. The molecule has 2 N–H and O–H groups in total. The summed E-state index contributed by atoms with van der Waals surface area (Å²) in [5, 5.41) is 3.26. The topological polar surface area (TPSA) is 71.1 Å². The largest absolute Gasteiger partial charge is 0.308 e. The van der Waals surface area contributed by atoms with Gasteiger partial charge >= 0.3 is 0 Å². The zero-order valence-corrected chi connectivity index (χ0v) is 14.6. The molecule has 0 spiro atoms. The van der Waals surface area contributed by atoms with Gasteiger partial charge in [0.05, 0.1) is 10.6 Å². The van der Waals surface area contributed by atoms with Crippen LogP contribution in [0.4, 0.5) is 0 Å². The van der Waals surface area contributed by atoms with E-state index in [0.29, 0.717) is 18.0 Å². The molecule has 0 fully saturated rings. The molecule has 2 heterocycles. The molecule has 0 saturated carbocycles. The van der Waals surface area contributed by atoms with Crippen LogP contribution in [0.15, 0.2) is 35.4 Å². The predicted molar refractivity (Wildman–Crippen MR) is 89.6 cm³/mol. The van der Waals surface area contributed by atoms with Gasteiger partial charge in [-0.15, -0.1) is 11.3 Å². The Labute approximate surface area is 135 Å². The minimum atomic E-state index is -3.43. The number of hydrogen-bond donors (Lipinski definition) is 2. The number of nitrogens with zero attached hydrogens (tertiary/aromatic N) is 1. The average Bonchev–Trinajstić information content (AvgIpc) is 2.84. The van der Waals surface area contributed by atoms with Gasteiger partial charge in [0.1, 0.15) is 0 Å². The third-order valence-electron chi connectivity index (χ3n) is 3.28. The van der Waals surface area contributed by atoms with Crippen molar-refractivity contribution in [3.05, 3.63) is 45.9 Å². The van der Waals surface area contributed by atoms with Crippen molar-refractivity contribution in [2.75, 3.05) is 13.1 Å². The molecule has 0 unspecified atom stereocenters. The number of hydrogen-bond acceptors (Lipinski definition) is 5.